The molecule has 130 valence electrons. The number of halogens is 1. The van der Waals surface area contributed by atoms with Crippen LogP contribution in [0, 0.1) is 0 Å². The third-order valence-electron chi connectivity index (χ3n) is 5.42. The van der Waals surface area contributed by atoms with E-state index in [1.54, 1.807) is 0 Å². The molecule has 1 aromatic rings. The van der Waals surface area contributed by atoms with E-state index >= 15 is 0 Å². The van der Waals surface area contributed by atoms with Crippen molar-refractivity contribution in [2.45, 2.75) is 68.7 Å². The van der Waals surface area contributed by atoms with Crippen molar-refractivity contribution >= 4 is 29.9 Å². The van der Waals surface area contributed by atoms with Crippen molar-refractivity contribution in [3.05, 3.63) is 24.3 Å². The summed E-state index contributed by atoms with van der Waals surface area (Å²) in [6.45, 7) is 10.4. The lowest BCUT2D eigenvalue weighted by Crippen LogP contribution is -2.52. The average molecular weight is 355 g/mol. The summed E-state index contributed by atoms with van der Waals surface area (Å²) < 4.78 is 0. The van der Waals surface area contributed by atoms with E-state index in [9.17, 15) is 0 Å². The smallest absolute Gasteiger partial charge is 0.0507 e. The second-order valence-corrected chi connectivity index (χ2v) is 7.98. The van der Waals surface area contributed by atoms with Crippen LogP contribution in [0.5, 0.6) is 0 Å². The maximum Gasteiger partial charge on any atom is 0.0507 e. The van der Waals surface area contributed by atoms with Crippen molar-refractivity contribution in [3.63, 3.8) is 0 Å². The number of anilines is 1. The molecule has 0 saturated heterocycles. The zero-order valence-electron chi connectivity index (χ0n) is 14.7. The first-order valence-corrected chi connectivity index (χ1v) is 9.89. The minimum atomic E-state index is 0. The Labute approximate surface area is 152 Å². The Morgan fingerprint density at radius 1 is 1.17 bits per heavy atom. The van der Waals surface area contributed by atoms with Gasteiger partial charge in [0.05, 0.1) is 5.69 Å². The summed E-state index contributed by atoms with van der Waals surface area (Å²) in [4.78, 5) is 6.83. The number of para-hydroxylation sites is 1. The van der Waals surface area contributed by atoms with Gasteiger partial charge in [0.15, 0.2) is 0 Å². The Morgan fingerprint density at radius 2 is 1.87 bits per heavy atom. The second-order valence-electron chi connectivity index (χ2n) is 6.70. The lowest BCUT2D eigenvalue weighted by Gasteiger charge is -2.47. The van der Waals surface area contributed by atoms with Crippen LogP contribution in [0.2, 0.25) is 0 Å². The highest BCUT2D eigenvalue weighted by molar-refractivity contribution is 8.00. The predicted molar refractivity (Wildman–Crippen MR) is 105 cm³/mol. The van der Waals surface area contributed by atoms with E-state index in [4.69, 9.17) is 0 Å². The van der Waals surface area contributed by atoms with E-state index in [1.807, 2.05) is 0 Å². The molecular weight excluding hydrogens is 324 g/mol. The third kappa shape index (κ3) is 4.00. The van der Waals surface area contributed by atoms with Crippen LogP contribution in [0.1, 0.15) is 46.5 Å². The SMILES string of the molecule is CCN(CC)C(C)CN1c2ccccc2SC2CCCCC21.Cl. The summed E-state index contributed by atoms with van der Waals surface area (Å²) in [5.41, 5.74) is 1.48. The van der Waals surface area contributed by atoms with Crippen LogP contribution in [-0.4, -0.2) is 41.9 Å². The Bertz CT molecular complexity index is 492. The molecule has 0 bridgehead atoms. The number of hydrogen-bond donors (Lipinski definition) is 0. The normalized spacial score (nSPS) is 24.6. The fourth-order valence-electron chi connectivity index (χ4n) is 4.19. The van der Waals surface area contributed by atoms with Crippen LogP contribution < -0.4 is 4.90 Å². The third-order valence-corrected chi connectivity index (χ3v) is 6.87. The molecule has 1 aromatic carbocycles. The van der Waals surface area contributed by atoms with Gasteiger partial charge in [0.1, 0.15) is 0 Å². The summed E-state index contributed by atoms with van der Waals surface area (Å²) in [5, 5.41) is 0.799. The van der Waals surface area contributed by atoms with Gasteiger partial charge in [0.2, 0.25) is 0 Å². The first-order chi connectivity index (χ1) is 10.7. The molecule has 0 radical (unpaired) electrons. The lowest BCUT2D eigenvalue weighted by molar-refractivity contribution is 0.227. The minimum Gasteiger partial charge on any atom is -0.365 e. The van der Waals surface area contributed by atoms with Gasteiger partial charge < -0.3 is 4.90 Å². The molecule has 3 unspecified atom stereocenters. The number of rotatable bonds is 5. The molecule has 0 N–H and O–H groups in total. The Hall–Kier alpha value is -0.380. The molecule has 23 heavy (non-hydrogen) atoms. The molecular formula is C19H31ClN2S. The summed E-state index contributed by atoms with van der Waals surface area (Å²) in [6, 6.07) is 10.4. The lowest BCUT2D eigenvalue weighted by atomic mass is 9.92. The van der Waals surface area contributed by atoms with Crippen LogP contribution >= 0.6 is 24.2 Å². The molecule has 1 heterocycles. The van der Waals surface area contributed by atoms with E-state index in [-0.39, 0.29) is 12.4 Å². The number of nitrogens with zero attached hydrogens (tertiary/aromatic N) is 2. The molecule has 1 saturated carbocycles. The quantitative estimate of drug-likeness (QED) is 0.729. The molecule has 1 fully saturated rings. The van der Waals surface area contributed by atoms with Crippen molar-refractivity contribution in [3.8, 4) is 0 Å². The summed E-state index contributed by atoms with van der Waals surface area (Å²) in [5.74, 6) is 0. The number of hydrogen-bond acceptors (Lipinski definition) is 3. The Morgan fingerprint density at radius 3 is 2.61 bits per heavy atom. The molecule has 1 aliphatic carbocycles. The minimum absolute atomic E-state index is 0. The Balaban J connectivity index is 0.00000192. The number of likely N-dealkylation sites (N-methyl/N-ethyl adjacent to an activating group) is 1. The van der Waals surface area contributed by atoms with Gasteiger partial charge in [-0.2, -0.15) is 0 Å². The first kappa shape index (κ1) is 19.0. The molecule has 1 aliphatic heterocycles. The monoisotopic (exact) mass is 354 g/mol. The van der Waals surface area contributed by atoms with Gasteiger partial charge >= 0.3 is 0 Å². The van der Waals surface area contributed by atoms with E-state index in [1.165, 1.54) is 42.8 Å². The van der Waals surface area contributed by atoms with Crippen LogP contribution in [0.15, 0.2) is 29.2 Å². The van der Waals surface area contributed by atoms with Gasteiger partial charge in [-0.15, -0.1) is 24.2 Å². The molecule has 3 rings (SSSR count). The summed E-state index contributed by atoms with van der Waals surface area (Å²) >= 11 is 2.14. The van der Waals surface area contributed by atoms with Crippen molar-refractivity contribution in [2.75, 3.05) is 24.5 Å². The van der Waals surface area contributed by atoms with Crippen molar-refractivity contribution in [1.82, 2.24) is 4.90 Å². The summed E-state index contributed by atoms with van der Waals surface area (Å²) in [7, 11) is 0. The second kappa shape index (κ2) is 8.64. The average Bonchev–Trinajstić information content (AvgIpc) is 2.55. The van der Waals surface area contributed by atoms with Crippen molar-refractivity contribution in [2.24, 2.45) is 0 Å². The maximum atomic E-state index is 2.75. The molecule has 3 atom stereocenters. The molecule has 0 aromatic heterocycles. The van der Waals surface area contributed by atoms with E-state index < -0.39 is 0 Å². The molecule has 0 spiro atoms. The van der Waals surface area contributed by atoms with Gasteiger partial charge in [-0.1, -0.05) is 38.8 Å². The van der Waals surface area contributed by atoms with Crippen molar-refractivity contribution < 1.29 is 0 Å². The number of benzene rings is 1. The fourth-order valence-corrected chi connectivity index (χ4v) is 5.70. The van der Waals surface area contributed by atoms with Crippen LogP contribution in [0.25, 0.3) is 0 Å². The van der Waals surface area contributed by atoms with Crippen LogP contribution in [0.4, 0.5) is 5.69 Å². The van der Waals surface area contributed by atoms with Crippen LogP contribution in [0.3, 0.4) is 0 Å². The standard InChI is InChI=1S/C19H30N2S.ClH/c1-4-20(5-2)15(3)14-21-16-10-6-8-12-18(16)22-19-13-9-7-11-17(19)21;/h6,8,10,12,15,17,19H,4-5,7,9,11,13-14H2,1-3H3;1H. The highest BCUT2D eigenvalue weighted by atomic mass is 35.5. The van der Waals surface area contributed by atoms with Gasteiger partial charge in [-0.25, -0.2) is 0 Å². The highest BCUT2D eigenvalue weighted by Gasteiger charge is 2.37. The Kier molecular flexibility index (Phi) is 7.12. The number of thioether (sulfide) groups is 1. The van der Waals surface area contributed by atoms with Crippen molar-refractivity contribution in [1.29, 1.82) is 0 Å². The highest BCUT2D eigenvalue weighted by Crippen LogP contribution is 2.46. The van der Waals surface area contributed by atoms with Gasteiger partial charge in [0.25, 0.3) is 0 Å². The summed E-state index contributed by atoms with van der Waals surface area (Å²) in [6.07, 6.45) is 5.58. The largest absolute Gasteiger partial charge is 0.365 e. The fraction of sp³-hybridized carbons (Fsp3) is 0.684. The molecule has 2 nitrogen and oxygen atoms in total. The van der Waals surface area contributed by atoms with E-state index in [0.717, 1.165) is 24.4 Å². The zero-order chi connectivity index (χ0) is 15.5. The zero-order valence-corrected chi connectivity index (χ0v) is 16.3. The van der Waals surface area contributed by atoms with Crippen LogP contribution in [-0.2, 0) is 0 Å². The van der Waals surface area contributed by atoms with E-state index in [2.05, 4.69) is 66.6 Å². The first-order valence-electron chi connectivity index (χ1n) is 9.01. The maximum absolute atomic E-state index is 2.75. The van der Waals surface area contributed by atoms with Gasteiger partial charge in [-0.05, 0) is 45.0 Å². The van der Waals surface area contributed by atoms with E-state index in [0.29, 0.717) is 6.04 Å². The molecule has 2 aliphatic rings. The van der Waals surface area contributed by atoms with Gasteiger partial charge in [0, 0.05) is 28.8 Å². The van der Waals surface area contributed by atoms with Gasteiger partial charge in [-0.3, -0.25) is 4.90 Å². The number of fused-ring (bicyclic) bond motifs is 2. The topological polar surface area (TPSA) is 6.48 Å². The predicted octanol–water partition coefficient (Wildman–Crippen LogP) is 5.06. The molecule has 4 heteroatoms. The molecule has 0 amide bonds.